The maximum absolute atomic E-state index is 3.50. The molecule has 1 unspecified atom stereocenters. The molecule has 0 aliphatic heterocycles. The number of allylic oxidation sites excluding steroid dienone is 1. The zero-order valence-corrected chi connectivity index (χ0v) is 14.6. The first-order chi connectivity index (χ1) is 10.0. The summed E-state index contributed by atoms with van der Waals surface area (Å²) in [6, 6.07) is 11.3. The Balaban J connectivity index is 2.07. The van der Waals surface area contributed by atoms with Crippen LogP contribution in [-0.4, -0.2) is 25.6 Å². The SMILES string of the molecule is C[Si](C)(C)C#CCN(Cc1ccccc1)C1C=CCCC1. The zero-order chi connectivity index (χ0) is 15.1. The summed E-state index contributed by atoms with van der Waals surface area (Å²) in [7, 11) is -1.27. The lowest BCUT2D eigenvalue weighted by Gasteiger charge is -2.30. The summed E-state index contributed by atoms with van der Waals surface area (Å²) in [5, 5.41) is 0. The molecule has 0 fully saturated rings. The number of benzene rings is 1. The Morgan fingerprint density at radius 3 is 2.57 bits per heavy atom. The van der Waals surface area contributed by atoms with Crippen molar-refractivity contribution in [1.82, 2.24) is 4.90 Å². The lowest BCUT2D eigenvalue weighted by atomic mass is 10.0. The van der Waals surface area contributed by atoms with Gasteiger partial charge in [0.25, 0.3) is 0 Å². The average Bonchev–Trinajstić information content (AvgIpc) is 2.47. The van der Waals surface area contributed by atoms with Crippen molar-refractivity contribution in [1.29, 1.82) is 0 Å². The highest BCUT2D eigenvalue weighted by Gasteiger charge is 2.17. The molecule has 0 amide bonds. The maximum atomic E-state index is 3.50. The number of rotatable bonds is 4. The smallest absolute Gasteiger partial charge is 0.129 e. The molecule has 0 heterocycles. The standard InChI is InChI=1S/C19H27NSi/c1-21(2,3)16-10-15-20(19-13-8-5-9-14-19)17-18-11-6-4-7-12-18/h4,6-8,11-13,19H,5,9,14-15,17H2,1-3H3. The lowest BCUT2D eigenvalue weighted by Crippen LogP contribution is -2.35. The van der Waals surface area contributed by atoms with E-state index in [1.807, 2.05) is 0 Å². The largest absolute Gasteiger partial charge is 0.282 e. The normalized spacial score (nSPS) is 18.4. The molecule has 2 rings (SSSR count). The Labute approximate surface area is 131 Å². The van der Waals surface area contributed by atoms with Gasteiger partial charge >= 0.3 is 0 Å². The van der Waals surface area contributed by atoms with Crippen LogP contribution in [0.25, 0.3) is 0 Å². The summed E-state index contributed by atoms with van der Waals surface area (Å²) in [5.74, 6) is 3.45. The van der Waals surface area contributed by atoms with E-state index in [-0.39, 0.29) is 0 Å². The van der Waals surface area contributed by atoms with Crippen molar-refractivity contribution in [3.8, 4) is 11.5 Å². The summed E-state index contributed by atoms with van der Waals surface area (Å²) >= 11 is 0. The summed E-state index contributed by atoms with van der Waals surface area (Å²) in [5.41, 5.74) is 4.88. The highest BCUT2D eigenvalue weighted by molar-refractivity contribution is 6.83. The molecule has 0 saturated carbocycles. The zero-order valence-electron chi connectivity index (χ0n) is 13.6. The minimum atomic E-state index is -1.27. The summed E-state index contributed by atoms with van der Waals surface area (Å²) in [6.45, 7) is 8.80. The van der Waals surface area contributed by atoms with Crippen LogP contribution < -0.4 is 0 Å². The maximum Gasteiger partial charge on any atom is 0.129 e. The third kappa shape index (κ3) is 5.91. The quantitative estimate of drug-likeness (QED) is 0.450. The van der Waals surface area contributed by atoms with Gasteiger partial charge in [0.05, 0.1) is 6.54 Å². The molecule has 0 radical (unpaired) electrons. The van der Waals surface area contributed by atoms with Gasteiger partial charge in [0, 0.05) is 12.6 Å². The first kappa shape index (κ1) is 16.1. The molecule has 0 saturated heterocycles. The van der Waals surface area contributed by atoms with Gasteiger partial charge in [-0.15, -0.1) is 5.54 Å². The second-order valence-electron chi connectivity index (χ2n) is 6.87. The topological polar surface area (TPSA) is 3.24 Å². The van der Waals surface area contributed by atoms with Gasteiger partial charge in [-0.3, -0.25) is 4.90 Å². The summed E-state index contributed by atoms with van der Waals surface area (Å²) in [6.07, 6.45) is 8.50. The molecule has 2 heteroatoms. The van der Waals surface area contributed by atoms with Gasteiger partial charge in [0.2, 0.25) is 0 Å². The average molecular weight is 298 g/mol. The van der Waals surface area contributed by atoms with Crippen LogP contribution in [0.1, 0.15) is 24.8 Å². The van der Waals surface area contributed by atoms with Gasteiger partial charge < -0.3 is 0 Å². The molecule has 112 valence electrons. The molecular weight excluding hydrogens is 270 g/mol. The first-order valence-corrected chi connectivity index (χ1v) is 11.5. The minimum Gasteiger partial charge on any atom is -0.282 e. The van der Waals surface area contributed by atoms with E-state index >= 15 is 0 Å². The van der Waals surface area contributed by atoms with Crippen molar-refractivity contribution in [2.45, 2.75) is 51.5 Å². The third-order valence-electron chi connectivity index (χ3n) is 3.67. The van der Waals surface area contributed by atoms with Crippen LogP contribution in [0.5, 0.6) is 0 Å². The Kier molecular flexibility index (Phi) is 5.84. The molecule has 1 aromatic carbocycles. The molecule has 1 aliphatic rings. The second kappa shape index (κ2) is 7.63. The fraction of sp³-hybridized carbons (Fsp3) is 0.474. The molecule has 1 aromatic rings. The van der Waals surface area contributed by atoms with E-state index in [9.17, 15) is 0 Å². The van der Waals surface area contributed by atoms with Crippen molar-refractivity contribution in [3.05, 3.63) is 48.0 Å². The van der Waals surface area contributed by atoms with Gasteiger partial charge in [-0.05, 0) is 24.8 Å². The number of hydrogen-bond donors (Lipinski definition) is 0. The highest BCUT2D eigenvalue weighted by atomic mass is 28.3. The molecular formula is C19H27NSi. The fourth-order valence-corrected chi connectivity index (χ4v) is 3.22. The molecule has 0 N–H and O–H groups in total. The monoisotopic (exact) mass is 297 g/mol. The predicted octanol–water partition coefficient (Wildman–Crippen LogP) is 4.48. The van der Waals surface area contributed by atoms with Gasteiger partial charge in [-0.2, -0.15) is 0 Å². The number of hydrogen-bond acceptors (Lipinski definition) is 1. The van der Waals surface area contributed by atoms with Gasteiger partial charge in [0.15, 0.2) is 0 Å². The van der Waals surface area contributed by atoms with Crippen LogP contribution in [0.2, 0.25) is 19.6 Å². The molecule has 1 atom stereocenters. The first-order valence-electron chi connectivity index (χ1n) is 7.99. The van der Waals surface area contributed by atoms with Crippen LogP contribution >= 0.6 is 0 Å². The molecule has 0 spiro atoms. The van der Waals surface area contributed by atoms with Crippen molar-refractivity contribution in [3.63, 3.8) is 0 Å². The van der Waals surface area contributed by atoms with E-state index in [4.69, 9.17) is 0 Å². The van der Waals surface area contributed by atoms with E-state index in [0.29, 0.717) is 6.04 Å². The summed E-state index contributed by atoms with van der Waals surface area (Å²) < 4.78 is 0. The molecule has 21 heavy (non-hydrogen) atoms. The summed E-state index contributed by atoms with van der Waals surface area (Å²) in [4.78, 5) is 2.53. The molecule has 1 aliphatic carbocycles. The predicted molar refractivity (Wildman–Crippen MR) is 94.8 cm³/mol. The van der Waals surface area contributed by atoms with Crippen molar-refractivity contribution in [2.24, 2.45) is 0 Å². The molecule has 0 bridgehead atoms. The second-order valence-corrected chi connectivity index (χ2v) is 11.6. The van der Waals surface area contributed by atoms with E-state index < -0.39 is 8.07 Å². The van der Waals surface area contributed by atoms with E-state index in [2.05, 4.69) is 78.5 Å². The van der Waals surface area contributed by atoms with E-state index in [1.54, 1.807) is 0 Å². The Morgan fingerprint density at radius 1 is 1.19 bits per heavy atom. The van der Waals surface area contributed by atoms with Crippen molar-refractivity contribution in [2.75, 3.05) is 6.54 Å². The Bertz CT molecular complexity index is 516. The van der Waals surface area contributed by atoms with E-state index in [1.165, 1.54) is 24.8 Å². The number of nitrogens with zero attached hydrogens (tertiary/aromatic N) is 1. The van der Waals surface area contributed by atoms with Gasteiger partial charge in [-0.25, -0.2) is 0 Å². The van der Waals surface area contributed by atoms with Crippen LogP contribution in [0.3, 0.4) is 0 Å². The van der Waals surface area contributed by atoms with E-state index in [0.717, 1.165) is 13.1 Å². The van der Waals surface area contributed by atoms with Crippen LogP contribution in [0.4, 0.5) is 0 Å². The lowest BCUT2D eigenvalue weighted by molar-refractivity contribution is 0.231. The van der Waals surface area contributed by atoms with Crippen LogP contribution in [0.15, 0.2) is 42.5 Å². The van der Waals surface area contributed by atoms with Gasteiger partial charge in [0.1, 0.15) is 8.07 Å². The fourth-order valence-electron chi connectivity index (χ4n) is 2.61. The highest BCUT2D eigenvalue weighted by Crippen LogP contribution is 2.18. The Hall–Kier alpha value is -1.30. The van der Waals surface area contributed by atoms with Crippen molar-refractivity contribution >= 4 is 8.07 Å². The third-order valence-corrected chi connectivity index (χ3v) is 4.60. The van der Waals surface area contributed by atoms with Crippen LogP contribution in [-0.2, 0) is 6.54 Å². The Morgan fingerprint density at radius 2 is 1.95 bits per heavy atom. The van der Waals surface area contributed by atoms with Gasteiger partial charge in [-0.1, -0.05) is 68.0 Å². The molecule has 1 nitrogen and oxygen atoms in total. The molecule has 0 aromatic heterocycles. The van der Waals surface area contributed by atoms with Crippen LogP contribution in [0, 0.1) is 11.5 Å². The minimum absolute atomic E-state index is 0.551. The van der Waals surface area contributed by atoms with Crippen molar-refractivity contribution < 1.29 is 0 Å².